The van der Waals surface area contributed by atoms with E-state index in [0.29, 0.717) is 0 Å². The Bertz CT molecular complexity index is 2910. The van der Waals surface area contributed by atoms with Gasteiger partial charge in [-0.05, 0) is 105 Å². The highest BCUT2D eigenvalue weighted by molar-refractivity contribution is 6.16. The number of hydrogen-bond donors (Lipinski definition) is 0. The van der Waals surface area contributed by atoms with Gasteiger partial charge < -0.3 is 9.47 Å². The molecule has 0 aliphatic carbocycles. The van der Waals surface area contributed by atoms with Crippen LogP contribution in [0.2, 0.25) is 0 Å². The van der Waals surface area contributed by atoms with E-state index in [-0.39, 0.29) is 0 Å². The summed E-state index contributed by atoms with van der Waals surface area (Å²) in [6.07, 6.45) is 0. The van der Waals surface area contributed by atoms with Crippen LogP contribution in [0, 0.1) is 0 Å². The fourth-order valence-corrected chi connectivity index (χ4v) is 8.17. The van der Waals surface area contributed by atoms with Gasteiger partial charge in [0, 0.05) is 33.5 Å². The van der Waals surface area contributed by atoms with E-state index < -0.39 is 0 Å². The van der Waals surface area contributed by atoms with Gasteiger partial charge in [-0.15, -0.1) is 0 Å². The molecule has 0 bridgehead atoms. The van der Waals surface area contributed by atoms with Gasteiger partial charge in [-0.1, -0.05) is 170 Å². The first kappa shape index (κ1) is 33.2. The molecule has 0 saturated heterocycles. The lowest BCUT2D eigenvalue weighted by molar-refractivity contribution is 1.18. The molecule has 0 saturated carbocycles. The summed E-state index contributed by atoms with van der Waals surface area (Å²) in [5.74, 6) is 0. The molecule has 0 N–H and O–H groups in total. The zero-order valence-corrected chi connectivity index (χ0v) is 30.8. The lowest BCUT2D eigenvalue weighted by atomic mass is 9.92. The molecule has 0 spiro atoms. The minimum atomic E-state index is 1.10. The molecule has 0 aliphatic heterocycles. The molecule has 0 fully saturated rings. The van der Waals surface area contributed by atoms with Crippen molar-refractivity contribution in [1.29, 1.82) is 0 Å². The van der Waals surface area contributed by atoms with Crippen molar-refractivity contribution in [1.82, 2.24) is 4.57 Å². The summed E-state index contributed by atoms with van der Waals surface area (Å²) < 4.78 is 2.39. The van der Waals surface area contributed by atoms with Crippen molar-refractivity contribution < 1.29 is 0 Å². The van der Waals surface area contributed by atoms with Gasteiger partial charge in [0.25, 0.3) is 0 Å². The standard InChI is InChI=1S/C54H38N2/c1-4-15-39(16-5-1)40-27-29-41(30-28-40)42-31-35-46(36-32-42)55(44-17-6-2-7-18-44)47-37-33-43(34-38-47)48-21-10-11-22-49(48)50-24-14-26-53-54(50)51-23-12-13-25-52(51)56(53)45-19-8-3-9-20-45/h1-38H. The van der Waals surface area contributed by atoms with Crippen molar-refractivity contribution in [3.8, 4) is 50.2 Å². The van der Waals surface area contributed by atoms with Crippen molar-refractivity contribution in [2.75, 3.05) is 4.90 Å². The van der Waals surface area contributed by atoms with Crippen molar-refractivity contribution >= 4 is 38.9 Å². The van der Waals surface area contributed by atoms with Crippen LogP contribution < -0.4 is 4.90 Å². The summed E-state index contributed by atoms with van der Waals surface area (Å²) >= 11 is 0. The van der Waals surface area contributed by atoms with Crippen LogP contribution in [0.4, 0.5) is 17.1 Å². The second kappa shape index (κ2) is 14.4. The molecular weight excluding hydrogens is 677 g/mol. The number of fused-ring (bicyclic) bond motifs is 3. The second-order valence-corrected chi connectivity index (χ2v) is 14.1. The number of hydrogen-bond acceptors (Lipinski definition) is 1. The van der Waals surface area contributed by atoms with Crippen LogP contribution in [-0.2, 0) is 0 Å². The molecule has 1 heterocycles. The molecular formula is C54H38N2. The van der Waals surface area contributed by atoms with Crippen LogP contribution in [0.3, 0.4) is 0 Å². The highest BCUT2D eigenvalue weighted by Crippen LogP contribution is 2.43. The maximum atomic E-state index is 2.39. The van der Waals surface area contributed by atoms with Crippen molar-refractivity contribution in [3.63, 3.8) is 0 Å². The highest BCUT2D eigenvalue weighted by atomic mass is 15.1. The molecule has 10 aromatic rings. The van der Waals surface area contributed by atoms with Crippen molar-refractivity contribution in [3.05, 3.63) is 231 Å². The Hall–Kier alpha value is -7.42. The molecule has 0 aliphatic rings. The van der Waals surface area contributed by atoms with E-state index in [0.717, 1.165) is 22.7 Å². The Morgan fingerprint density at radius 1 is 0.268 bits per heavy atom. The van der Waals surface area contributed by atoms with Crippen LogP contribution in [0.25, 0.3) is 72.0 Å². The van der Waals surface area contributed by atoms with E-state index in [1.54, 1.807) is 0 Å². The monoisotopic (exact) mass is 714 g/mol. The smallest absolute Gasteiger partial charge is 0.0547 e. The predicted molar refractivity (Wildman–Crippen MR) is 237 cm³/mol. The van der Waals surface area contributed by atoms with Crippen LogP contribution >= 0.6 is 0 Å². The molecule has 9 aromatic carbocycles. The summed E-state index contributed by atoms with van der Waals surface area (Å²) in [6, 6.07) is 82.9. The number of rotatable bonds is 8. The zero-order valence-electron chi connectivity index (χ0n) is 30.8. The predicted octanol–water partition coefficient (Wildman–Crippen LogP) is 14.9. The van der Waals surface area contributed by atoms with Gasteiger partial charge in [-0.25, -0.2) is 0 Å². The third-order valence-electron chi connectivity index (χ3n) is 10.8. The summed E-state index contributed by atoms with van der Waals surface area (Å²) in [6.45, 7) is 0. The first-order valence-corrected chi connectivity index (χ1v) is 19.2. The normalized spacial score (nSPS) is 11.2. The lowest BCUT2D eigenvalue weighted by Crippen LogP contribution is -2.09. The molecule has 0 radical (unpaired) electrons. The number of benzene rings is 9. The van der Waals surface area contributed by atoms with E-state index >= 15 is 0 Å². The number of anilines is 3. The minimum absolute atomic E-state index is 1.10. The van der Waals surface area contributed by atoms with Gasteiger partial charge >= 0.3 is 0 Å². The number of aromatic nitrogens is 1. The fraction of sp³-hybridized carbons (Fsp3) is 0. The maximum Gasteiger partial charge on any atom is 0.0547 e. The van der Waals surface area contributed by atoms with Crippen LogP contribution in [0.5, 0.6) is 0 Å². The van der Waals surface area contributed by atoms with E-state index in [1.165, 1.54) is 66.3 Å². The molecule has 10 rings (SSSR count). The lowest BCUT2D eigenvalue weighted by Gasteiger charge is -2.26. The third-order valence-corrected chi connectivity index (χ3v) is 10.8. The Morgan fingerprint density at radius 2 is 0.696 bits per heavy atom. The maximum absolute atomic E-state index is 2.39. The molecule has 2 heteroatoms. The van der Waals surface area contributed by atoms with E-state index in [1.807, 2.05) is 0 Å². The van der Waals surface area contributed by atoms with E-state index in [4.69, 9.17) is 0 Å². The average Bonchev–Trinajstić information content (AvgIpc) is 3.63. The van der Waals surface area contributed by atoms with Crippen molar-refractivity contribution in [2.45, 2.75) is 0 Å². The van der Waals surface area contributed by atoms with Crippen LogP contribution in [0.15, 0.2) is 231 Å². The highest BCUT2D eigenvalue weighted by Gasteiger charge is 2.19. The summed E-state index contributed by atoms with van der Waals surface area (Å²) in [4.78, 5) is 2.33. The Balaban J connectivity index is 1.01. The third kappa shape index (κ3) is 6.04. The molecule has 56 heavy (non-hydrogen) atoms. The van der Waals surface area contributed by atoms with Gasteiger partial charge in [-0.2, -0.15) is 0 Å². The summed E-state index contributed by atoms with van der Waals surface area (Å²) in [7, 11) is 0. The average molecular weight is 715 g/mol. The van der Waals surface area contributed by atoms with Gasteiger partial charge in [0.05, 0.1) is 11.0 Å². The first-order chi connectivity index (χ1) is 27.8. The van der Waals surface area contributed by atoms with Gasteiger partial charge in [0.15, 0.2) is 0 Å². The molecule has 0 unspecified atom stereocenters. The SMILES string of the molecule is c1ccc(-c2ccc(-c3ccc(N(c4ccccc4)c4ccc(-c5ccccc5-c5cccc6c5c5ccccc5n6-c5ccccc5)cc4)cc3)cc2)cc1. The molecule has 0 atom stereocenters. The van der Waals surface area contributed by atoms with Crippen LogP contribution in [-0.4, -0.2) is 4.57 Å². The van der Waals surface area contributed by atoms with Gasteiger partial charge in [0.2, 0.25) is 0 Å². The van der Waals surface area contributed by atoms with E-state index in [9.17, 15) is 0 Å². The van der Waals surface area contributed by atoms with E-state index in [2.05, 4.69) is 240 Å². The minimum Gasteiger partial charge on any atom is -0.311 e. The quantitative estimate of drug-likeness (QED) is 0.152. The zero-order chi connectivity index (χ0) is 37.3. The Kier molecular flexibility index (Phi) is 8.55. The number of para-hydroxylation sites is 3. The summed E-state index contributed by atoms with van der Waals surface area (Å²) in [5, 5.41) is 2.52. The van der Waals surface area contributed by atoms with Crippen molar-refractivity contribution in [2.24, 2.45) is 0 Å². The fourth-order valence-electron chi connectivity index (χ4n) is 8.17. The molecule has 0 amide bonds. The van der Waals surface area contributed by atoms with Gasteiger partial charge in [0.1, 0.15) is 0 Å². The Labute approximate surface area is 327 Å². The molecule has 1 aromatic heterocycles. The topological polar surface area (TPSA) is 8.17 Å². The largest absolute Gasteiger partial charge is 0.311 e. The first-order valence-electron chi connectivity index (χ1n) is 19.2. The Morgan fingerprint density at radius 3 is 1.34 bits per heavy atom. The second-order valence-electron chi connectivity index (χ2n) is 14.1. The van der Waals surface area contributed by atoms with Gasteiger partial charge in [-0.3, -0.25) is 0 Å². The van der Waals surface area contributed by atoms with Crippen LogP contribution in [0.1, 0.15) is 0 Å². The summed E-state index contributed by atoms with van der Waals surface area (Å²) in [5.41, 5.74) is 16.6. The number of nitrogens with zero attached hydrogens (tertiary/aromatic N) is 2. The molecule has 264 valence electrons. The molecule has 2 nitrogen and oxygen atoms in total.